The highest BCUT2D eigenvalue weighted by molar-refractivity contribution is 7.91. The minimum absolute atomic E-state index is 0.0375. The summed E-state index contributed by atoms with van der Waals surface area (Å²) >= 11 is 0. The van der Waals surface area contributed by atoms with Crippen molar-refractivity contribution in [3.8, 4) is 0 Å². The van der Waals surface area contributed by atoms with Gasteiger partial charge in [-0.3, -0.25) is 4.79 Å². The van der Waals surface area contributed by atoms with Gasteiger partial charge in [0, 0.05) is 18.7 Å². The normalized spacial score (nSPS) is 21.3. The molecular formula is C15H19NO3S. The fraction of sp³-hybridized carbons (Fsp3) is 0.533. The maximum absolute atomic E-state index is 12.4. The van der Waals surface area contributed by atoms with Crippen molar-refractivity contribution < 1.29 is 13.2 Å². The van der Waals surface area contributed by atoms with E-state index in [-0.39, 0.29) is 11.7 Å². The van der Waals surface area contributed by atoms with Gasteiger partial charge in [0.25, 0.3) is 5.91 Å². The van der Waals surface area contributed by atoms with E-state index in [4.69, 9.17) is 0 Å². The highest BCUT2D eigenvalue weighted by Gasteiger charge is 2.25. The zero-order valence-corrected chi connectivity index (χ0v) is 12.3. The number of amides is 1. The van der Waals surface area contributed by atoms with Crippen LogP contribution < -0.4 is 0 Å². The zero-order chi connectivity index (χ0) is 14.2. The lowest BCUT2D eigenvalue weighted by Crippen LogP contribution is -2.35. The first-order valence-electron chi connectivity index (χ1n) is 7.23. The Balaban J connectivity index is 1.90. The minimum atomic E-state index is -3.13. The number of nitrogens with zero attached hydrogens (tertiary/aromatic N) is 1. The summed E-state index contributed by atoms with van der Waals surface area (Å²) in [6.07, 6.45) is 4.70. The Morgan fingerprint density at radius 1 is 1.05 bits per heavy atom. The van der Waals surface area contributed by atoms with Crippen LogP contribution >= 0.6 is 0 Å². The summed E-state index contributed by atoms with van der Waals surface area (Å²) in [5.74, 6) is 0.259. The van der Waals surface area contributed by atoms with E-state index in [9.17, 15) is 13.2 Å². The Morgan fingerprint density at radius 3 is 2.55 bits per heavy atom. The monoisotopic (exact) mass is 293 g/mol. The van der Waals surface area contributed by atoms with Gasteiger partial charge in [-0.05, 0) is 55.9 Å². The lowest BCUT2D eigenvalue weighted by atomic mass is 10.0. The summed E-state index contributed by atoms with van der Waals surface area (Å²) in [7, 11) is -3.13. The first-order valence-corrected chi connectivity index (χ1v) is 8.88. The number of rotatable bonds is 1. The molecule has 0 atom stereocenters. The number of sulfone groups is 1. The van der Waals surface area contributed by atoms with Crippen molar-refractivity contribution in [1.82, 2.24) is 4.90 Å². The van der Waals surface area contributed by atoms with Crippen LogP contribution in [-0.2, 0) is 16.3 Å². The number of benzene rings is 1. The summed E-state index contributed by atoms with van der Waals surface area (Å²) in [5.41, 5.74) is 1.43. The van der Waals surface area contributed by atoms with Crippen LogP contribution in [0, 0.1) is 0 Å². The Labute approximate surface area is 119 Å². The third-order valence-electron chi connectivity index (χ3n) is 4.14. The molecule has 1 fully saturated rings. The summed E-state index contributed by atoms with van der Waals surface area (Å²) in [6.45, 7) is 1.63. The van der Waals surface area contributed by atoms with Crippen LogP contribution in [0.3, 0.4) is 0 Å². The molecule has 0 unspecified atom stereocenters. The Bertz CT molecular complexity index is 631. The molecule has 20 heavy (non-hydrogen) atoms. The van der Waals surface area contributed by atoms with Gasteiger partial charge in [-0.25, -0.2) is 8.42 Å². The van der Waals surface area contributed by atoms with E-state index in [1.807, 2.05) is 4.90 Å². The van der Waals surface area contributed by atoms with E-state index in [1.54, 1.807) is 18.2 Å². The zero-order valence-electron chi connectivity index (χ0n) is 11.5. The third-order valence-corrected chi connectivity index (χ3v) is 6.04. The van der Waals surface area contributed by atoms with Gasteiger partial charge in [-0.15, -0.1) is 0 Å². The Hall–Kier alpha value is -1.36. The Morgan fingerprint density at radius 2 is 1.80 bits per heavy atom. The van der Waals surface area contributed by atoms with Crippen LogP contribution in [0.2, 0.25) is 0 Å². The van der Waals surface area contributed by atoms with Crippen molar-refractivity contribution >= 4 is 15.7 Å². The van der Waals surface area contributed by atoms with Gasteiger partial charge in [-0.1, -0.05) is 0 Å². The quantitative estimate of drug-likeness (QED) is 0.796. The molecule has 0 spiro atoms. The molecule has 1 aromatic carbocycles. The second kappa shape index (κ2) is 5.20. The molecule has 1 aromatic rings. The van der Waals surface area contributed by atoms with Crippen LogP contribution in [0.25, 0.3) is 0 Å². The van der Waals surface area contributed by atoms with Crippen molar-refractivity contribution in [2.75, 3.05) is 18.8 Å². The van der Waals surface area contributed by atoms with E-state index >= 15 is 0 Å². The molecule has 1 amide bonds. The van der Waals surface area contributed by atoms with Gasteiger partial charge in [-0.2, -0.15) is 0 Å². The lowest BCUT2D eigenvalue weighted by Gasteiger charge is -2.27. The van der Waals surface area contributed by atoms with Crippen LogP contribution in [0.4, 0.5) is 0 Å². The van der Waals surface area contributed by atoms with Crippen molar-refractivity contribution in [2.45, 2.75) is 37.0 Å². The molecule has 2 aliphatic rings. The smallest absolute Gasteiger partial charge is 0.253 e. The second-order valence-corrected chi connectivity index (χ2v) is 7.68. The van der Waals surface area contributed by atoms with E-state index in [0.717, 1.165) is 37.9 Å². The molecule has 0 bridgehead atoms. The van der Waals surface area contributed by atoms with Gasteiger partial charge in [0.15, 0.2) is 9.84 Å². The summed E-state index contributed by atoms with van der Waals surface area (Å²) in [6, 6.07) is 5.06. The molecule has 4 nitrogen and oxygen atoms in total. The topological polar surface area (TPSA) is 54.5 Å². The summed E-state index contributed by atoms with van der Waals surface area (Å²) < 4.78 is 23.9. The fourth-order valence-corrected chi connectivity index (χ4v) is 4.63. The largest absolute Gasteiger partial charge is 0.339 e. The molecule has 0 aliphatic carbocycles. The predicted octanol–water partition coefficient (Wildman–Crippen LogP) is 2.03. The molecule has 0 aromatic heterocycles. The van der Waals surface area contributed by atoms with Crippen LogP contribution in [0.5, 0.6) is 0 Å². The molecule has 1 saturated heterocycles. The highest BCUT2D eigenvalue weighted by Crippen LogP contribution is 2.26. The predicted molar refractivity (Wildman–Crippen MR) is 76.6 cm³/mol. The van der Waals surface area contributed by atoms with Crippen LogP contribution in [0.15, 0.2) is 23.1 Å². The maximum atomic E-state index is 12.4. The van der Waals surface area contributed by atoms with Gasteiger partial charge in [0.2, 0.25) is 0 Å². The van der Waals surface area contributed by atoms with Gasteiger partial charge in [0.1, 0.15) is 0 Å². The Kier molecular flexibility index (Phi) is 3.54. The molecule has 0 N–H and O–H groups in total. The van der Waals surface area contributed by atoms with Crippen molar-refractivity contribution in [1.29, 1.82) is 0 Å². The van der Waals surface area contributed by atoms with Crippen molar-refractivity contribution in [3.63, 3.8) is 0 Å². The van der Waals surface area contributed by atoms with Gasteiger partial charge < -0.3 is 4.90 Å². The van der Waals surface area contributed by atoms with E-state index in [1.165, 1.54) is 6.42 Å². The first kappa shape index (κ1) is 13.6. The molecule has 0 saturated carbocycles. The highest BCUT2D eigenvalue weighted by atomic mass is 32.2. The fourth-order valence-electron chi connectivity index (χ4n) is 3.05. The number of fused-ring (bicyclic) bond motifs is 1. The molecule has 2 heterocycles. The number of hydrogen-bond acceptors (Lipinski definition) is 3. The second-order valence-electron chi connectivity index (χ2n) is 5.60. The number of likely N-dealkylation sites (tertiary alicyclic amines) is 1. The van der Waals surface area contributed by atoms with Crippen LogP contribution in [-0.4, -0.2) is 38.1 Å². The molecular weight excluding hydrogens is 274 g/mol. The molecule has 3 rings (SSSR count). The van der Waals surface area contributed by atoms with Gasteiger partial charge in [0.05, 0.1) is 10.6 Å². The molecule has 5 heteroatoms. The van der Waals surface area contributed by atoms with Crippen molar-refractivity contribution in [3.05, 3.63) is 29.3 Å². The third kappa shape index (κ3) is 2.46. The standard InChI is InChI=1S/C15H19NO3S/c17-15(16-8-2-1-3-9-16)13-6-7-14-12(11-13)5-4-10-20(14,18)19/h6-7,11H,1-5,8-10H2. The average Bonchev–Trinajstić information content (AvgIpc) is 2.46. The van der Waals surface area contributed by atoms with E-state index < -0.39 is 9.84 Å². The number of aryl methyl sites for hydroxylation is 1. The summed E-state index contributed by atoms with van der Waals surface area (Å²) in [5, 5.41) is 0. The van der Waals surface area contributed by atoms with Crippen LogP contribution in [0.1, 0.15) is 41.6 Å². The average molecular weight is 293 g/mol. The number of hydrogen-bond donors (Lipinski definition) is 0. The molecule has 2 aliphatic heterocycles. The SMILES string of the molecule is O=C(c1ccc2c(c1)CCCS2(=O)=O)N1CCCCC1. The molecule has 108 valence electrons. The lowest BCUT2D eigenvalue weighted by molar-refractivity contribution is 0.0724. The maximum Gasteiger partial charge on any atom is 0.253 e. The van der Waals surface area contributed by atoms with Crippen molar-refractivity contribution in [2.24, 2.45) is 0 Å². The van der Waals surface area contributed by atoms with E-state index in [2.05, 4.69) is 0 Å². The summed E-state index contributed by atoms with van der Waals surface area (Å²) in [4.78, 5) is 14.7. The van der Waals surface area contributed by atoms with Gasteiger partial charge >= 0.3 is 0 Å². The molecule has 0 radical (unpaired) electrons. The number of carbonyl (C=O) groups is 1. The first-order chi connectivity index (χ1) is 9.58. The minimum Gasteiger partial charge on any atom is -0.339 e. The number of piperidine rings is 1. The number of carbonyl (C=O) groups excluding carboxylic acids is 1. The van der Waals surface area contributed by atoms with E-state index in [0.29, 0.717) is 16.9 Å².